The molecule has 1 aliphatic heterocycles. The molecule has 6 heteroatoms. The molecular formula is C16H20N4OS. The number of rotatable bonds is 5. The van der Waals surface area contributed by atoms with E-state index in [-0.39, 0.29) is 18.7 Å². The number of aliphatic hydroxyl groups excluding tert-OH is 1. The van der Waals surface area contributed by atoms with Gasteiger partial charge in [-0.3, -0.25) is 4.98 Å². The number of hydrogen-bond donors (Lipinski definition) is 2. The summed E-state index contributed by atoms with van der Waals surface area (Å²) in [5, 5.41) is 13.4. The van der Waals surface area contributed by atoms with E-state index in [4.69, 9.17) is 12.2 Å². The van der Waals surface area contributed by atoms with Gasteiger partial charge in [0.2, 0.25) is 0 Å². The second kappa shape index (κ2) is 6.46. The number of aliphatic hydroxyl groups is 1. The van der Waals surface area contributed by atoms with Gasteiger partial charge in [-0.2, -0.15) is 0 Å². The van der Waals surface area contributed by atoms with Crippen LogP contribution in [0.5, 0.6) is 0 Å². The van der Waals surface area contributed by atoms with Gasteiger partial charge in [0, 0.05) is 31.2 Å². The fraction of sp³-hybridized carbons (Fsp3) is 0.375. The van der Waals surface area contributed by atoms with Gasteiger partial charge in [0.15, 0.2) is 5.11 Å². The lowest BCUT2D eigenvalue weighted by Crippen LogP contribution is -2.33. The molecule has 2 aromatic rings. The van der Waals surface area contributed by atoms with Crippen molar-refractivity contribution in [2.45, 2.75) is 25.6 Å². The molecule has 0 saturated carbocycles. The van der Waals surface area contributed by atoms with E-state index in [0.29, 0.717) is 11.7 Å². The summed E-state index contributed by atoms with van der Waals surface area (Å²) >= 11 is 5.48. The van der Waals surface area contributed by atoms with Crippen LogP contribution in [0.2, 0.25) is 0 Å². The molecule has 0 aromatic carbocycles. The minimum Gasteiger partial charge on any atom is -0.395 e. The lowest BCUT2D eigenvalue weighted by Gasteiger charge is -2.28. The average Bonchev–Trinajstić information content (AvgIpc) is 3.13. The summed E-state index contributed by atoms with van der Waals surface area (Å²) in [7, 11) is 0. The van der Waals surface area contributed by atoms with Crippen LogP contribution in [0.4, 0.5) is 0 Å². The van der Waals surface area contributed by atoms with Crippen LogP contribution in [0.15, 0.2) is 42.7 Å². The van der Waals surface area contributed by atoms with Crippen molar-refractivity contribution in [1.82, 2.24) is 19.8 Å². The zero-order valence-electron chi connectivity index (χ0n) is 12.5. The van der Waals surface area contributed by atoms with Gasteiger partial charge in [0.1, 0.15) is 0 Å². The highest BCUT2D eigenvalue weighted by molar-refractivity contribution is 7.80. The Balaban J connectivity index is 2.03. The normalized spacial score (nSPS) is 21.2. The van der Waals surface area contributed by atoms with E-state index in [1.165, 1.54) is 5.69 Å². The van der Waals surface area contributed by atoms with Crippen molar-refractivity contribution in [1.29, 1.82) is 0 Å². The maximum absolute atomic E-state index is 9.39. The summed E-state index contributed by atoms with van der Waals surface area (Å²) < 4.78 is 2.21. The molecule has 1 saturated heterocycles. The van der Waals surface area contributed by atoms with E-state index in [2.05, 4.69) is 39.0 Å². The molecule has 5 nitrogen and oxygen atoms in total. The molecule has 2 N–H and O–H groups in total. The molecule has 22 heavy (non-hydrogen) atoms. The molecule has 1 fully saturated rings. The summed E-state index contributed by atoms with van der Waals surface area (Å²) in [5.74, 6) is 0. The highest BCUT2D eigenvalue weighted by Gasteiger charge is 2.40. The van der Waals surface area contributed by atoms with Gasteiger partial charge in [-0.15, -0.1) is 0 Å². The maximum atomic E-state index is 9.39. The Morgan fingerprint density at radius 2 is 2.18 bits per heavy atom. The van der Waals surface area contributed by atoms with E-state index in [0.717, 1.165) is 12.2 Å². The number of hydrogen-bond acceptors (Lipinski definition) is 3. The van der Waals surface area contributed by atoms with Crippen molar-refractivity contribution in [3.05, 3.63) is 54.1 Å². The molecule has 0 spiro atoms. The monoisotopic (exact) mass is 316 g/mol. The predicted octanol–water partition coefficient (Wildman–Crippen LogP) is 1.87. The van der Waals surface area contributed by atoms with Crippen LogP contribution >= 0.6 is 12.2 Å². The Morgan fingerprint density at radius 1 is 1.32 bits per heavy atom. The third kappa shape index (κ3) is 2.60. The number of nitrogens with zero attached hydrogens (tertiary/aromatic N) is 3. The number of β-amino-alcohol motifs (C(OH)–C–C–N with tert-alkyl or cyclic N) is 1. The summed E-state index contributed by atoms with van der Waals surface area (Å²) in [4.78, 5) is 6.54. The summed E-state index contributed by atoms with van der Waals surface area (Å²) in [6.45, 7) is 3.60. The van der Waals surface area contributed by atoms with Crippen molar-refractivity contribution in [3.8, 4) is 0 Å². The summed E-state index contributed by atoms with van der Waals surface area (Å²) in [6.07, 6.45) is 3.87. The standard InChI is InChI=1S/C16H20N4OS/c1-2-19-9-5-7-13(19)15-14(12-6-3-4-8-17-12)18-16(22)20(15)10-11-21/h3-9,14-15,21H,2,10-11H2,1H3,(H,18,22)/t14-,15+/m1/s1. The van der Waals surface area contributed by atoms with Crippen molar-refractivity contribution < 1.29 is 5.11 Å². The Labute approximate surface area is 135 Å². The first kappa shape index (κ1) is 15.0. The Bertz CT molecular complexity index is 643. The zero-order valence-corrected chi connectivity index (χ0v) is 13.3. The number of thiocarbonyl (C=S) groups is 1. The van der Waals surface area contributed by atoms with Crippen LogP contribution in [0.1, 0.15) is 30.4 Å². The quantitative estimate of drug-likeness (QED) is 0.825. The van der Waals surface area contributed by atoms with Crippen LogP contribution in [-0.2, 0) is 6.54 Å². The Hall–Kier alpha value is -1.92. The van der Waals surface area contributed by atoms with Crippen LogP contribution in [0.25, 0.3) is 0 Å². The minimum absolute atomic E-state index is 0.0135. The average molecular weight is 316 g/mol. The van der Waals surface area contributed by atoms with Crippen molar-refractivity contribution in [2.24, 2.45) is 0 Å². The molecule has 3 heterocycles. The van der Waals surface area contributed by atoms with Gasteiger partial charge in [-0.25, -0.2) is 0 Å². The van der Waals surface area contributed by atoms with E-state index in [9.17, 15) is 5.11 Å². The summed E-state index contributed by atoms with van der Waals surface area (Å²) in [6, 6.07) is 10.1. The molecule has 0 unspecified atom stereocenters. The van der Waals surface area contributed by atoms with Gasteiger partial charge >= 0.3 is 0 Å². The number of nitrogens with one attached hydrogen (secondary N) is 1. The van der Waals surface area contributed by atoms with E-state index >= 15 is 0 Å². The third-order valence-corrected chi connectivity index (χ3v) is 4.40. The van der Waals surface area contributed by atoms with Gasteiger partial charge in [-0.05, 0) is 43.4 Å². The van der Waals surface area contributed by atoms with Gasteiger partial charge in [0.25, 0.3) is 0 Å². The molecule has 2 atom stereocenters. The van der Waals surface area contributed by atoms with Crippen LogP contribution < -0.4 is 5.32 Å². The van der Waals surface area contributed by atoms with Crippen LogP contribution in [0.3, 0.4) is 0 Å². The maximum Gasteiger partial charge on any atom is 0.170 e. The smallest absolute Gasteiger partial charge is 0.170 e. The molecule has 0 bridgehead atoms. The highest BCUT2D eigenvalue weighted by Crippen LogP contribution is 2.38. The number of aromatic nitrogens is 2. The molecular weight excluding hydrogens is 296 g/mol. The molecule has 0 amide bonds. The molecule has 3 rings (SSSR count). The lowest BCUT2D eigenvalue weighted by atomic mass is 10.0. The molecule has 0 radical (unpaired) electrons. The first-order valence-electron chi connectivity index (χ1n) is 7.50. The molecule has 116 valence electrons. The third-order valence-electron chi connectivity index (χ3n) is 4.05. The topological polar surface area (TPSA) is 53.3 Å². The molecule has 2 aromatic heterocycles. The van der Waals surface area contributed by atoms with Gasteiger partial charge in [0.05, 0.1) is 24.4 Å². The van der Waals surface area contributed by atoms with Crippen molar-refractivity contribution >= 4 is 17.3 Å². The number of aryl methyl sites for hydroxylation is 1. The Morgan fingerprint density at radius 3 is 2.86 bits per heavy atom. The van der Waals surface area contributed by atoms with Crippen LogP contribution in [-0.4, -0.2) is 37.8 Å². The van der Waals surface area contributed by atoms with Gasteiger partial charge in [-0.1, -0.05) is 6.07 Å². The highest BCUT2D eigenvalue weighted by atomic mass is 32.1. The van der Waals surface area contributed by atoms with Crippen molar-refractivity contribution in [2.75, 3.05) is 13.2 Å². The predicted molar refractivity (Wildman–Crippen MR) is 89.4 cm³/mol. The SMILES string of the molecule is CCn1cccc1[C@H]1[C@@H](c2ccccn2)NC(=S)N1CCO. The van der Waals surface area contributed by atoms with E-state index in [1.54, 1.807) is 6.20 Å². The Kier molecular flexibility index (Phi) is 4.40. The minimum atomic E-state index is -0.0135. The van der Waals surface area contributed by atoms with E-state index in [1.807, 2.05) is 24.3 Å². The lowest BCUT2D eigenvalue weighted by molar-refractivity contribution is 0.219. The van der Waals surface area contributed by atoms with Gasteiger partial charge < -0.3 is 19.9 Å². The van der Waals surface area contributed by atoms with Crippen molar-refractivity contribution in [3.63, 3.8) is 0 Å². The molecule has 0 aliphatic carbocycles. The fourth-order valence-electron chi connectivity index (χ4n) is 3.06. The fourth-order valence-corrected chi connectivity index (χ4v) is 3.39. The molecule has 1 aliphatic rings. The second-order valence-electron chi connectivity index (χ2n) is 5.26. The second-order valence-corrected chi connectivity index (χ2v) is 5.65. The first-order chi connectivity index (χ1) is 10.8. The number of pyridine rings is 1. The zero-order chi connectivity index (χ0) is 15.5. The summed E-state index contributed by atoms with van der Waals surface area (Å²) in [5.41, 5.74) is 2.14. The van der Waals surface area contributed by atoms with Crippen LogP contribution in [0, 0.1) is 0 Å². The largest absolute Gasteiger partial charge is 0.395 e. The van der Waals surface area contributed by atoms with E-state index < -0.39 is 0 Å². The first-order valence-corrected chi connectivity index (χ1v) is 7.91.